The molecule has 1 aromatic heterocycles. The fourth-order valence-electron chi connectivity index (χ4n) is 2.90. The molecule has 6 heteroatoms. The highest BCUT2D eigenvalue weighted by molar-refractivity contribution is 5.56. The molecule has 1 aliphatic heterocycles. The fourth-order valence-corrected chi connectivity index (χ4v) is 2.90. The highest BCUT2D eigenvalue weighted by atomic mass is 19.1. The zero-order valence-electron chi connectivity index (χ0n) is 11.5. The number of hydrogen-bond acceptors (Lipinski definition) is 4. The molecular weight excluding hydrogens is 276 g/mol. The van der Waals surface area contributed by atoms with Crippen LogP contribution in [0.1, 0.15) is 42.5 Å². The highest BCUT2D eigenvalue weighted by Gasteiger charge is 2.29. The molecule has 0 N–H and O–H groups in total. The standard InChI is InChI=1S/C15H15F2N3O/c16-11-6-10-2-1-5-20(14(10)12(17)7-11)8-13-18-15(19-21-13)9-3-4-9/h6-7,9H,1-5,8H2. The van der Waals surface area contributed by atoms with Crippen molar-refractivity contribution in [2.45, 2.75) is 38.1 Å². The van der Waals surface area contributed by atoms with Gasteiger partial charge in [-0.25, -0.2) is 8.78 Å². The summed E-state index contributed by atoms with van der Waals surface area (Å²) >= 11 is 0. The average Bonchev–Trinajstić information content (AvgIpc) is 3.19. The van der Waals surface area contributed by atoms with Crippen LogP contribution < -0.4 is 4.90 Å². The van der Waals surface area contributed by atoms with Crippen molar-refractivity contribution in [1.82, 2.24) is 10.1 Å². The predicted octanol–water partition coefficient (Wildman–Crippen LogP) is 3.18. The monoisotopic (exact) mass is 291 g/mol. The van der Waals surface area contributed by atoms with Crippen molar-refractivity contribution in [2.75, 3.05) is 11.4 Å². The van der Waals surface area contributed by atoms with E-state index in [2.05, 4.69) is 10.1 Å². The molecule has 1 fully saturated rings. The van der Waals surface area contributed by atoms with Gasteiger partial charge in [-0.3, -0.25) is 0 Å². The number of aromatic nitrogens is 2. The van der Waals surface area contributed by atoms with Crippen molar-refractivity contribution in [3.05, 3.63) is 41.0 Å². The van der Waals surface area contributed by atoms with Crippen LogP contribution in [0.5, 0.6) is 0 Å². The Kier molecular flexibility index (Phi) is 2.90. The number of hydrogen-bond donors (Lipinski definition) is 0. The second kappa shape index (κ2) is 4.79. The van der Waals surface area contributed by atoms with Gasteiger partial charge in [-0.1, -0.05) is 5.16 Å². The minimum absolute atomic E-state index is 0.370. The minimum atomic E-state index is -0.526. The van der Waals surface area contributed by atoms with Crippen LogP contribution in [0.4, 0.5) is 14.5 Å². The molecule has 0 atom stereocenters. The first-order valence-electron chi connectivity index (χ1n) is 7.26. The van der Waals surface area contributed by atoms with Crippen molar-refractivity contribution in [2.24, 2.45) is 0 Å². The summed E-state index contributed by atoms with van der Waals surface area (Å²) in [5.74, 6) is 0.630. The van der Waals surface area contributed by atoms with Gasteiger partial charge in [-0.2, -0.15) is 4.98 Å². The Morgan fingerprint density at radius 1 is 1.29 bits per heavy atom. The maximum absolute atomic E-state index is 14.1. The molecular formula is C15H15F2N3O. The minimum Gasteiger partial charge on any atom is -0.360 e. The Morgan fingerprint density at radius 2 is 2.14 bits per heavy atom. The van der Waals surface area contributed by atoms with Crippen LogP contribution >= 0.6 is 0 Å². The molecule has 0 spiro atoms. The molecule has 0 unspecified atom stereocenters. The molecule has 2 aromatic rings. The van der Waals surface area contributed by atoms with Gasteiger partial charge in [0.05, 0.1) is 12.2 Å². The fraction of sp³-hybridized carbons (Fsp3) is 0.467. The van der Waals surface area contributed by atoms with Crippen molar-refractivity contribution < 1.29 is 13.3 Å². The highest BCUT2D eigenvalue weighted by Crippen LogP contribution is 2.38. The summed E-state index contributed by atoms with van der Waals surface area (Å²) in [7, 11) is 0. The Bertz CT molecular complexity index is 682. The first-order valence-corrected chi connectivity index (χ1v) is 7.26. The Balaban J connectivity index is 1.61. The maximum atomic E-state index is 14.1. The summed E-state index contributed by atoms with van der Waals surface area (Å²) in [4.78, 5) is 6.23. The molecule has 0 radical (unpaired) electrons. The normalized spacial score (nSPS) is 17.9. The third kappa shape index (κ3) is 2.39. The molecule has 1 aliphatic carbocycles. The van der Waals surface area contributed by atoms with Gasteiger partial charge in [0.15, 0.2) is 5.82 Å². The van der Waals surface area contributed by atoms with E-state index in [1.54, 1.807) is 0 Å². The lowest BCUT2D eigenvalue weighted by Gasteiger charge is -2.30. The van der Waals surface area contributed by atoms with Crippen molar-refractivity contribution in [1.29, 1.82) is 0 Å². The second-order valence-electron chi connectivity index (χ2n) is 5.74. The first kappa shape index (κ1) is 12.7. The van der Waals surface area contributed by atoms with Crippen LogP contribution in [-0.2, 0) is 13.0 Å². The number of benzene rings is 1. The quantitative estimate of drug-likeness (QED) is 0.871. The first-order chi connectivity index (χ1) is 10.2. The van der Waals surface area contributed by atoms with E-state index in [0.717, 1.165) is 31.2 Å². The van der Waals surface area contributed by atoms with E-state index < -0.39 is 11.6 Å². The van der Waals surface area contributed by atoms with E-state index in [0.29, 0.717) is 42.6 Å². The van der Waals surface area contributed by atoms with Crippen molar-refractivity contribution in [3.63, 3.8) is 0 Å². The lowest BCUT2D eigenvalue weighted by Crippen LogP contribution is -2.30. The third-order valence-electron chi connectivity index (χ3n) is 4.05. The lowest BCUT2D eigenvalue weighted by molar-refractivity contribution is 0.369. The molecule has 110 valence electrons. The molecule has 1 saturated carbocycles. The second-order valence-corrected chi connectivity index (χ2v) is 5.74. The van der Waals surface area contributed by atoms with E-state index in [4.69, 9.17) is 4.52 Å². The van der Waals surface area contributed by atoms with Crippen LogP contribution in [0.3, 0.4) is 0 Å². The average molecular weight is 291 g/mol. The molecule has 2 aliphatic rings. The summed E-state index contributed by atoms with van der Waals surface area (Å²) in [6, 6.07) is 2.34. The van der Waals surface area contributed by atoms with Crippen LogP contribution in [0.15, 0.2) is 16.7 Å². The molecule has 0 amide bonds. The van der Waals surface area contributed by atoms with Gasteiger partial charge in [0.2, 0.25) is 5.89 Å². The summed E-state index contributed by atoms with van der Waals surface area (Å²) in [6.45, 7) is 1.08. The van der Waals surface area contributed by atoms with E-state index >= 15 is 0 Å². The largest absolute Gasteiger partial charge is 0.360 e. The number of anilines is 1. The van der Waals surface area contributed by atoms with Crippen molar-refractivity contribution in [3.8, 4) is 0 Å². The summed E-state index contributed by atoms with van der Waals surface area (Å²) in [5, 5.41) is 3.97. The zero-order chi connectivity index (χ0) is 14.4. The Hall–Kier alpha value is -1.98. The van der Waals surface area contributed by atoms with Gasteiger partial charge in [-0.15, -0.1) is 0 Å². The van der Waals surface area contributed by atoms with Crippen LogP contribution in [0, 0.1) is 11.6 Å². The smallest absolute Gasteiger partial charge is 0.246 e. The number of nitrogens with zero attached hydrogens (tertiary/aromatic N) is 3. The topological polar surface area (TPSA) is 42.2 Å². The number of halogens is 2. The van der Waals surface area contributed by atoms with E-state index in [1.165, 1.54) is 6.07 Å². The number of rotatable bonds is 3. The molecule has 4 rings (SSSR count). The predicted molar refractivity (Wildman–Crippen MR) is 72.0 cm³/mol. The molecule has 1 aromatic carbocycles. The van der Waals surface area contributed by atoms with Crippen molar-refractivity contribution >= 4 is 5.69 Å². The summed E-state index contributed by atoms with van der Waals surface area (Å²) in [6.07, 6.45) is 3.77. The molecule has 0 saturated heterocycles. The lowest BCUT2D eigenvalue weighted by atomic mass is 10.0. The molecule has 4 nitrogen and oxygen atoms in total. The van der Waals surface area contributed by atoms with E-state index in [1.807, 2.05) is 4.90 Å². The summed E-state index contributed by atoms with van der Waals surface area (Å²) in [5.41, 5.74) is 1.18. The van der Waals surface area contributed by atoms with Gasteiger partial charge in [0.25, 0.3) is 0 Å². The Labute approximate surface area is 120 Å². The van der Waals surface area contributed by atoms with Crippen LogP contribution in [0.2, 0.25) is 0 Å². The van der Waals surface area contributed by atoms with Crippen LogP contribution in [0.25, 0.3) is 0 Å². The Morgan fingerprint density at radius 3 is 2.95 bits per heavy atom. The SMILES string of the molecule is Fc1cc(F)c2c(c1)CCCN2Cc1nc(C2CC2)no1. The molecule has 21 heavy (non-hydrogen) atoms. The van der Waals surface area contributed by atoms with Crippen LogP contribution in [-0.4, -0.2) is 16.7 Å². The molecule has 0 bridgehead atoms. The van der Waals surface area contributed by atoms with E-state index in [-0.39, 0.29) is 0 Å². The van der Waals surface area contributed by atoms with Gasteiger partial charge >= 0.3 is 0 Å². The number of fused-ring (bicyclic) bond motifs is 1. The van der Waals surface area contributed by atoms with Gasteiger partial charge < -0.3 is 9.42 Å². The third-order valence-corrected chi connectivity index (χ3v) is 4.05. The maximum Gasteiger partial charge on any atom is 0.246 e. The van der Waals surface area contributed by atoms with Gasteiger partial charge in [0.1, 0.15) is 11.6 Å². The summed E-state index contributed by atoms with van der Waals surface area (Å²) < 4.78 is 32.6. The van der Waals surface area contributed by atoms with E-state index in [9.17, 15) is 8.78 Å². The zero-order valence-corrected chi connectivity index (χ0v) is 11.5. The number of aryl methyl sites for hydroxylation is 1. The van der Waals surface area contributed by atoms with Gasteiger partial charge in [-0.05, 0) is 37.3 Å². The molecule has 2 heterocycles. The van der Waals surface area contributed by atoms with Gasteiger partial charge in [0, 0.05) is 18.5 Å².